The van der Waals surface area contributed by atoms with Crippen molar-refractivity contribution in [1.82, 2.24) is 10.6 Å². The molecule has 1 aliphatic rings. The lowest BCUT2D eigenvalue weighted by molar-refractivity contribution is 0.454. The van der Waals surface area contributed by atoms with Crippen molar-refractivity contribution in [3.05, 3.63) is 64.7 Å². The van der Waals surface area contributed by atoms with Crippen molar-refractivity contribution in [2.24, 2.45) is 0 Å². The molecule has 0 aromatic heterocycles. The Balaban J connectivity index is 1.63. The van der Waals surface area contributed by atoms with Gasteiger partial charge >= 0.3 is 0 Å². The van der Waals surface area contributed by atoms with E-state index in [0.29, 0.717) is 0 Å². The summed E-state index contributed by atoms with van der Waals surface area (Å²) in [5.41, 5.74) is 2.74. The lowest BCUT2D eigenvalue weighted by Gasteiger charge is -2.45. The highest BCUT2D eigenvalue weighted by atomic mass is 35.5. The number of anilines is 1. The van der Waals surface area contributed by atoms with Crippen LogP contribution in [0, 0.1) is 10.8 Å². The van der Waals surface area contributed by atoms with Crippen molar-refractivity contribution in [2.45, 2.75) is 45.2 Å². The van der Waals surface area contributed by atoms with Crippen LogP contribution in [0.4, 0.5) is 5.69 Å². The van der Waals surface area contributed by atoms with Crippen LogP contribution >= 0.6 is 11.6 Å². The number of hydrogen-bond acceptors (Lipinski definition) is 2. The van der Waals surface area contributed by atoms with Gasteiger partial charge in [0.2, 0.25) is 5.96 Å². The number of hydrogen-bond donors (Lipinski definition) is 4. The molecule has 0 radical (unpaired) electrons. The highest BCUT2D eigenvalue weighted by Gasteiger charge is 2.35. The van der Waals surface area contributed by atoms with E-state index in [1.54, 1.807) is 4.90 Å². The molecule has 2 aromatic carbocycles. The van der Waals surface area contributed by atoms with Crippen molar-refractivity contribution >= 4 is 29.2 Å². The predicted molar refractivity (Wildman–Crippen MR) is 113 cm³/mol. The minimum Gasteiger partial charge on any atom is -0.333 e. The number of halogens is 1. The third-order valence-electron chi connectivity index (χ3n) is 4.76. The Morgan fingerprint density at radius 2 is 1.70 bits per heavy atom. The molecule has 1 fully saturated rings. The maximum Gasteiger partial charge on any atom is 0.204 e. The summed E-state index contributed by atoms with van der Waals surface area (Å²) in [5.74, 6) is 0.290. The molecule has 4 N–H and O–H groups in total. The number of nitrogens with one attached hydrogen (secondary N) is 4. The summed E-state index contributed by atoms with van der Waals surface area (Å²) in [7, 11) is 0. The topological polar surface area (TPSA) is 75.0 Å². The summed E-state index contributed by atoms with van der Waals surface area (Å²) >= 11 is 6.53. The normalized spacial score (nSPS) is 16.0. The fraction of sp³-hybridized carbons (Fsp3) is 0.333. The molecule has 2 aromatic rings. The van der Waals surface area contributed by atoms with Crippen molar-refractivity contribution in [1.29, 1.82) is 10.8 Å². The molecule has 5 nitrogen and oxygen atoms in total. The van der Waals surface area contributed by atoms with Crippen LogP contribution in [-0.4, -0.2) is 17.6 Å². The van der Waals surface area contributed by atoms with Crippen molar-refractivity contribution in [2.75, 3.05) is 4.90 Å². The molecule has 0 spiro atoms. The number of benzene rings is 2. The van der Waals surface area contributed by atoms with E-state index in [9.17, 15) is 0 Å². The van der Waals surface area contributed by atoms with Gasteiger partial charge in [0, 0.05) is 10.7 Å². The Hall–Kier alpha value is -2.53. The Morgan fingerprint density at radius 3 is 2.37 bits per heavy atom. The number of aryl methyl sites for hydroxylation is 2. The molecule has 6 heteroatoms. The van der Waals surface area contributed by atoms with Gasteiger partial charge in [0.25, 0.3) is 0 Å². The highest BCUT2D eigenvalue weighted by molar-refractivity contribution is 6.31. The Labute approximate surface area is 165 Å². The maximum absolute atomic E-state index is 8.20. The molecule has 1 aliphatic heterocycles. The first-order valence-electron chi connectivity index (χ1n) is 9.22. The summed E-state index contributed by atoms with van der Waals surface area (Å²) in [6, 6.07) is 16.5. The molecule has 142 valence electrons. The van der Waals surface area contributed by atoms with Gasteiger partial charge in [0.05, 0.1) is 0 Å². The van der Waals surface area contributed by atoms with Gasteiger partial charge < -0.3 is 5.32 Å². The molecule has 0 aliphatic carbocycles. The molecule has 0 bridgehead atoms. The van der Waals surface area contributed by atoms with Crippen LogP contribution in [0.1, 0.15) is 37.8 Å². The minimum atomic E-state index is -0.583. The largest absolute Gasteiger partial charge is 0.333 e. The Kier molecular flexibility index (Phi) is 5.71. The van der Waals surface area contributed by atoms with Gasteiger partial charge in [-0.2, -0.15) is 0 Å². The number of nitrogens with zero attached hydrogens (tertiary/aromatic N) is 1. The molecule has 3 rings (SSSR count). The maximum atomic E-state index is 8.20. The second-order valence-electron chi connectivity index (χ2n) is 7.34. The lowest BCUT2D eigenvalue weighted by Crippen LogP contribution is -2.70. The van der Waals surface area contributed by atoms with Gasteiger partial charge in [-0.3, -0.25) is 21.0 Å². The monoisotopic (exact) mass is 383 g/mol. The molecule has 0 unspecified atom stereocenters. The predicted octanol–water partition coefficient (Wildman–Crippen LogP) is 4.51. The zero-order chi connectivity index (χ0) is 19.4. The molecule has 1 heterocycles. The van der Waals surface area contributed by atoms with Gasteiger partial charge in [0.15, 0.2) is 5.96 Å². The van der Waals surface area contributed by atoms with E-state index in [4.69, 9.17) is 22.4 Å². The highest BCUT2D eigenvalue weighted by Crippen LogP contribution is 2.29. The molecule has 0 saturated carbocycles. The zero-order valence-electron chi connectivity index (χ0n) is 15.8. The van der Waals surface area contributed by atoms with Gasteiger partial charge in [-0.25, -0.2) is 0 Å². The quantitative estimate of drug-likeness (QED) is 0.554. The summed E-state index contributed by atoms with van der Waals surface area (Å²) in [4.78, 5) is 1.80. The summed E-state index contributed by atoms with van der Waals surface area (Å²) < 4.78 is 0. The fourth-order valence-electron chi connectivity index (χ4n) is 3.47. The van der Waals surface area contributed by atoms with Crippen LogP contribution in [0.2, 0.25) is 5.02 Å². The van der Waals surface area contributed by atoms with Gasteiger partial charge in [-0.15, -0.1) is 0 Å². The molecule has 0 atom stereocenters. The molecule has 27 heavy (non-hydrogen) atoms. The average Bonchev–Trinajstić information content (AvgIpc) is 2.59. The Bertz CT molecular complexity index is 832. The first kappa shape index (κ1) is 19.2. The van der Waals surface area contributed by atoms with Gasteiger partial charge in [0.1, 0.15) is 5.66 Å². The van der Waals surface area contributed by atoms with E-state index in [0.717, 1.165) is 42.0 Å². The van der Waals surface area contributed by atoms with E-state index in [1.165, 1.54) is 5.56 Å². The third-order valence-corrected chi connectivity index (χ3v) is 5.11. The number of rotatable bonds is 6. The van der Waals surface area contributed by atoms with Crippen LogP contribution in [0.25, 0.3) is 0 Å². The third kappa shape index (κ3) is 4.61. The number of guanidine groups is 2. The van der Waals surface area contributed by atoms with Crippen LogP contribution < -0.4 is 15.5 Å². The molecular weight excluding hydrogens is 358 g/mol. The van der Waals surface area contributed by atoms with Crippen LogP contribution in [-0.2, 0) is 12.8 Å². The standard InChI is InChI=1S/C21H26ClN5/c1-21(2)26-19(23)25-20(24)27(21)17-13-12-16(18(22)14-17)11-7-6-10-15-8-4-3-5-9-15/h3-5,8-9,12-14H,6-7,10-11H2,1-2H3,(H4,23,24,25,26). The fourth-order valence-corrected chi connectivity index (χ4v) is 3.74. The van der Waals surface area contributed by atoms with E-state index < -0.39 is 5.66 Å². The first-order valence-corrected chi connectivity index (χ1v) is 9.59. The average molecular weight is 384 g/mol. The SMILES string of the molecule is CC1(C)NC(=N)NC(=N)N1c1ccc(CCCCc2ccccc2)c(Cl)c1. The van der Waals surface area contributed by atoms with E-state index >= 15 is 0 Å². The smallest absolute Gasteiger partial charge is 0.204 e. The molecular formula is C21H26ClN5. The minimum absolute atomic E-state index is 0.127. The first-order chi connectivity index (χ1) is 12.9. The van der Waals surface area contributed by atoms with Gasteiger partial charge in [-0.05, 0) is 62.8 Å². The van der Waals surface area contributed by atoms with Crippen LogP contribution in [0.5, 0.6) is 0 Å². The van der Waals surface area contributed by atoms with Crippen molar-refractivity contribution in [3.8, 4) is 0 Å². The van der Waals surface area contributed by atoms with Crippen LogP contribution in [0.15, 0.2) is 48.5 Å². The number of unbranched alkanes of at least 4 members (excludes halogenated alkanes) is 1. The van der Waals surface area contributed by atoms with E-state index in [-0.39, 0.29) is 11.9 Å². The zero-order valence-corrected chi connectivity index (χ0v) is 16.5. The van der Waals surface area contributed by atoms with Crippen LogP contribution in [0.3, 0.4) is 0 Å². The molecule has 0 amide bonds. The van der Waals surface area contributed by atoms with Crippen molar-refractivity contribution < 1.29 is 0 Å². The van der Waals surface area contributed by atoms with Gasteiger partial charge in [-0.1, -0.05) is 48.0 Å². The van der Waals surface area contributed by atoms with Crippen molar-refractivity contribution in [3.63, 3.8) is 0 Å². The van der Waals surface area contributed by atoms with E-state index in [2.05, 4.69) is 34.9 Å². The summed E-state index contributed by atoms with van der Waals surface area (Å²) in [6.07, 6.45) is 4.23. The summed E-state index contributed by atoms with van der Waals surface area (Å²) in [5, 5.41) is 22.4. The second-order valence-corrected chi connectivity index (χ2v) is 7.74. The van der Waals surface area contributed by atoms with E-state index in [1.807, 2.05) is 38.1 Å². The summed E-state index contributed by atoms with van der Waals surface area (Å²) in [6.45, 7) is 3.87. The lowest BCUT2D eigenvalue weighted by atomic mass is 10.0. The molecule has 1 saturated heterocycles. The Morgan fingerprint density at radius 1 is 1.00 bits per heavy atom. The second kappa shape index (κ2) is 8.01.